The van der Waals surface area contributed by atoms with Gasteiger partial charge < -0.3 is 40.2 Å². The van der Waals surface area contributed by atoms with Crippen LogP contribution in [0.15, 0.2) is 11.7 Å². The first-order chi connectivity index (χ1) is 12.6. The number of rotatable bonds is 4. The number of hydrogen-bond acceptors (Lipinski definition) is 8. The van der Waals surface area contributed by atoms with Crippen molar-refractivity contribution in [3.8, 4) is 0 Å². The van der Waals surface area contributed by atoms with Gasteiger partial charge in [-0.05, 0) is 6.92 Å². The monoisotopic (exact) mass is 460 g/mol. The van der Waals surface area contributed by atoms with E-state index in [2.05, 4.69) is 14.5 Å². The van der Waals surface area contributed by atoms with E-state index in [4.69, 9.17) is 49.3 Å². The molecule has 0 aromatic carbocycles. The molecule has 2 aromatic heterocycles. The highest BCUT2D eigenvalue weighted by Crippen LogP contribution is 2.25. The molecule has 2 heterocycles. The predicted molar refractivity (Wildman–Crippen MR) is 96.6 cm³/mol. The van der Waals surface area contributed by atoms with Crippen molar-refractivity contribution >= 4 is 32.8 Å². The molecule has 0 saturated heterocycles. The number of anilines is 1. The molecule has 2 aromatic rings. The number of aromatic nitrogens is 3. The molecule has 0 fully saturated rings. The molecule has 0 aliphatic rings. The number of nitrogen functional groups attached to an aromatic ring is 1. The van der Waals surface area contributed by atoms with Crippen molar-refractivity contribution in [2.75, 3.05) is 12.3 Å². The normalized spacial score (nSPS) is 11.2. The molecule has 160 valence electrons. The number of hydrogen-bond donors (Lipinski definition) is 7. The summed E-state index contributed by atoms with van der Waals surface area (Å²) in [5.41, 5.74) is 10.0. The van der Waals surface area contributed by atoms with Crippen LogP contribution in [0.3, 0.4) is 0 Å². The SMILES string of the molecule is Cc1ncc(C[n+]2csc(CCO)c2C)c(N)n1.O=P(O)(O)O.O=P([O-])(O)O. The van der Waals surface area contributed by atoms with Crippen LogP contribution < -0.4 is 15.2 Å². The highest BCUT2D eigenvalue weighted by atomic mass is 32.1. The van der Waals surface area contributed by atoms with E-state index in [1.54, 1.807) is 17.5 Å². The summed E-state index contributed by atoms with van der Waals surface area (Å²) in [6.07, 6.45) is 2.47. The lowest BCUT2D eigenvalue weighted by Gasteiger charge is -2.01. The molecule has 16 heteroatoms. The third kappa shape index (κ3) is 13.8. The smallest absolute Gasteiger partial charge is 0.466 e. The lowest BCUT2D eigenvalue weighted by atomic mass is 10.2. The van der Waals surface area contributed by atoms with Gasteiger partial charge in [0, 0.05) is 26.1 Å². The minimum atomic E-state index is -4.89. The van der Waals surface area contributed by atoms with Crippen LogP contribution in [0.1, 0.15) is 22.0 Å². The Kier molecular flexibility index (Phi) is 11.1. The molecule has 0 atom stereocenters. The van der Waals surface area contributed by atoms with Crippen molar-refractivity contribution in [3.05, 3.63) is 33.7 Å². The Labute approximate surface area is 164 Å². The Balaban J connectivity index is 0.000000607. The number of nitrogens with two attached hydrogens (primary N) is 1. The highest BCUT2D eigenvalue weighted by Gasteiger charge is 2.17. The Morgan fingerprint density at radius 1 is 1.21 bits per heavy atom. The van der Waals surface area contributed by atoms with Crippen LogP contribution in [-0.2, 0) is 22.1 Å². The van der Waals surface area contributed by atoms with E-state index < -0.39 is 15.6 Å². The maximum Gasteiger partial charge on any atom is 0.466 e. The first-order valence-corrected chi connectivity index (χ1v) is 11.3. The molecule has 0 saturated carbocycles. The molecule has 28 heavy (non-hydrogen) atoms. The van der Waals surface area contributed by atoms with Crippen LogP contribution in [0.25, 0.3) is 0 Å². The molecule has 0 bridgehead atoms. The van der Waals surface area contributed by atoms with E-state index in [0.717, 1.165) is 11.3 Å². The third-order valence-corrected chi connectivity index (χ3v) is 4.00. The molecular weight excluding hydrogens is 438 g/mol. The summed E-state index contributed by atoms with van der Waals surface area (Å²) in [7, 11) is -9.53. The first kappa shape index (κ1) is 26.7. The molecular formula is C12H22N4O9P2S. The van der Waals surface area contributed by atoms with Gasteiger partial charge in [0.1, 0.15) is 11.6 Å². The van der Waals surface area contributed by atoms with Crippen LogP contribution in [-0.4, -0.2) is 46.1 Å². The maximum absolute atomic E-state index is 8.98. The molecule has 0 amide bonds. The molecule has 0 unspecified atom stereocenters. The second kappa shape index (κ2) is 11.6. The minimum Gasteiger partial charge on any atom is -0.756 e. The Morgan fingerprint density at radius 3 is 2.14 bits per heavy atom. The summed E-state index contributed by atoms with van der Waals surface area (Å²) in [6, 6.07) is 0. The average Bonchev–Trinajstić information content (AvgIpc) is 2.80. The van der Waals surface area contributed by atoms with Gasteiger partial charge in [0.2, 0.25) is 5.51 Å². The summed E-state index contributed by atoms with van der Waals surface area (Å²) in [5, 5.41) is 8.98. The topological polar surface area (TPSA) is 234 Å². The Bertz CT molecular complexity index is 815. The number of aryl methyl sites for hydroxylation is 1. The molecule has 2 rings (SSSR count). The van der Waals surface area contributed by atoms with E-state index in [9.17, 15) is 0 Å². The van der Waals surface area contributed by atoms with Gasteiger partial charge in [0.05, 0.1) is 10.4 Å². The second-order valence-corrected chi connectivity index (χ2v) is 8.11. The minimum absolute atomic E-state index is 0.178. The van der Waals surface area contributed by atoms with Gasteiger partial charge in [-0.3, -0.25) is 4.57 Å². The number of thiazole rings is 1. The molecule has 0 aliphatic carbocycles. The highest BCUT2D eigenvalue weighted by molar-refractivity contribution is 7.45. The van der Waals surface area contributed by atoms with Crippen molar-refractivity contribution in [3.63, 3.8) is 0 Å². The summed E-state index contributed by atoms with van der Waals surface area (Å²) in [4.78, 5) is 54.0. The predicted octanol–water partition coefficient (Wildman–Crippen LogP) is -1.88. The molecule has 0 spiro atoms. The number of phosphoric acid groups is 2. The van der Waals surface area contributed by atoms with Crippen LogP contribution in [0.2, 0.25) is 0 Å². The Morgan fingerprint density at radius 2 is 1.71 bits per heavy atom. The summed E-state index contributed by atoms with van der Waals surface area (Å²) in [5.74, 6) is 1.22. The van der Waals surface area contributed by atoms with Gasteiger partial charge in [-0.1, -0.05) is 11.3 Å². The van der Waals surface area contributed by atoms with Crippen LogP contribution in [0.5, 0.6) is 0 Å². The summed E-state index contributed by atoms with van der Waals surface area (Å²) < 4.78 is 19.8. The fourth-order valence-corrected chi connectivity index (χ4v) is 2.75. The van der Waals surface area contributed by atoms with E-state index >= 15 is 0 Å². The third-order valence-electron chi connectivity index (χ3n) is 2.85. The zero-order valence-corrected chi connectivity index (χ0v) is 17.5. The van der Waals surface area contributed by atoms with E-state index in [0.29, 0.717) is 24.6 Å². The first-order valence-electron chi connectivity index (χ1n) is 7.32. The fourth-order valence-electron chi connectivity index (χ4n) is 1.77. The van der Waals surface area contributed by atoms with Crippen molar-refractivity contribution in [1.29, 1.82) is 0 Å². The van der Waals surface area contributed by atoms with E-state index in [1.165, 1.54) is 4.88 Å². The van der Waals surface area contributed by atoms with Gasteiger partial charge in [-0.25, -0.2) is 14.5 Å². The van der Waals surface area contributed by atoms with Gasteiger partial charge in [0.25, 0.3) is 7.82 Å². The van der Waals surface area contributed by atoms with Crippen LogP contribution >= 0.6 is 27.0 Å². The summed E-state index contributed by atoms with van der Waals surface area (Å²) in [6.45, 7) is 4.71. The largest absolute Gasteiger partial charge is 0.756 e. The van der Waals surface area contributed by atoms with Crippen molar-refractivity contribution in [1.82, 2.24) is 9.97 Å². The van der Waals surface area contributed by atoms with Gasteiger partial charge in [-0.15, -0.1) is 0 Å². The fraction of sp³-hybridized carbons (Fsp3) is 0.417. The molecule has 8 N–H and O–H groups in total. The standard InChI is InChI=1S/C12H17N4OS.2H3O4P/c1-8-11(3-4-17)18-7-16(8)6-10-5-14-9(2)15-12(10)13;2*1-5(2,3)4/h5,7,17H,3-4,6H2,1-2H3,(H2,13,14,15);2*(H3,1,2,3,4)/q+1;;/p-1. The van der Waals surface area contributed by atoms with Crippen molar-refractivity contribution in [2.24, 2.45) is 0 Å². The molecule has 13 nitrogen and oxygen atoms in total. The number of aliphatic hydroxyl groups excluding tert-OH is 1. The van der Waals surface area contributed by atoms with E-state index in [-0.39, 0.29) is 6.61 Å². The quantitative estimate of drug-likeness (QED) is 0.196. The van der Waals surface area contributed by atoms with Gasteiger partial charge in [-0.2, -0.15) is 4.57 Å². The van der Waals surface area contributed by atoms with Gasteiger partial charge >= 0.3 is 7.82 Å². The van der Waals surface area contributed by atoms with Crippen molar-refractivity contribution in [2.45, 2.75) is 26.8 Å². The van der Waals surface area contributed by atoms with Crippen LogP contribution in [0, 0.1) is 13.8 Å². The number of nitrogens with zero attached hydrogens (tertiary/aromatic N) is 3. The molecule has 0 aliphatic heterocycles. The second-order valence-electron chi connectivity index (χ2n) is 5.16. The lowest BCUT2D eigenvalue weighted by Crippen LogP contribution is -2.35. The molecule has 0 radical (unpaired) electrons. The number of aliphatic hydroxyl groups is 1. The van der Waals surface area contributed by atoms with E-state index in [1.807, 2.05) is 19.4 Å². The van der Waals surface area contributed by atoms with Crippen LogP contribution in [0.4, 0.5) is 5.82 Å². The van der Waals surface area contributed by atoms with Crippen molar-refractivity contribution < 1.29 is 48.2 Å². The Hall–Kier alpha value is -1.31. The maximum atomic E-state index is 8.98. The zero-order chi connectivity index (χ0) is 22.1. The summed E-state index contributed by atoms with van der Waals surface area (Å²) >= 11 is 1.65. The van der Waals surface area contributed by atoms with Gasteiger partial charge in [0.15, 0.2) is 12.2 Å². The zero-order valence-electron chi connectivity index (χ0n) is 14.9. The lowest BCUT2D eigenvalue weighted by molar-refractivity contribution is -0.689. The average molecular weight is 460 g/mol.